The molecule has 0 aromatic heterocycles. The minimum atomic E-state index is -1.44. The monoisotopic (exact) mass is 382 g/mol. The first-order valence-corrected chi connectivity index (χ1v) is 9.30. The van der Waals surface area contributed by atoms with Crippen LogP contribution in [0.5, 0.6) is 5.75 Å². The first kappa shape index (κ1) is 16.0. The van der Waals surface area contributed by atoms with Crippen molar-refractivity contribution in [2.45, 2.75) is 85.4 Å². The Morgan fingerprint density at radius 3 is 2.00 bits per heavy atom. The maximum Gasteiger partial charge on any atom is 0.137 e. The third-order valence-corrected chi connectivity index (χ3v) is 6.02. The Balaban J connectivity index is 3.09. The van der Waals surface area contributed by atoms with Crippen molar-refractivity contribution in [1.29, 1.82) is 0 Å². The van der Waals surface area contributed by atoms with Crippen LogP contribution in [0.1, 0.15) is 86.3 Å². The van der Waals surface area contributed by atoms with Gasteiger partial charge < -0.3 is 4.74 Å². The third-order valence-electron chi connectivity index (χ3n) is 5.06. The molecule has 1 aromatic carbocycles. The molecule has 0 bridgehead atoms. The fraction of sp³-hybridized carbons (Fsp3) is 0.714. The summed E-state index contributed by atoms with van der Waals surface area (Å²) in [7, 11) is 1.72. The molecule has 2 rings (SSSR count). The SMILES string of the molecule is [2H]C([2H])(c1c(C)c(Br)c(OC)c2c1C(C)(C)CCC2(C)C)C(C)(C)C. The van der Waals surface area contributed by atoms with Crippen LogP contribution in [-0.4, -0.2) is 7.11 Å². The second kappa shape index (κ2) is 5.79. The van der Waals surface area contributed by atoms with Gasteiger partial charge >= 0.3 is 0 Å². The smallest absolute Gasteiger partial charge is 0.137 e. The number of methoxy groups -OCH3 is 1. The number of rotatable bonds is 2. The average molecular weight is 383 g/mol. The highest BCUT2D eigenvalue weighted by atomic mass is 79.9. The van der Waals surface area contributed by atoms with Gasteiger partial charge in [0.15, 0.2) is 0 Å². The van der Waals surface area contributed by atoms with Crippen molar-refractivity contribution in [2.75, 3.05) is 7.11 Å². The minimum Gasteiger partial charge on any atom is -0.495 e. The van der Waals surface area contributed by atoms with Crippen molar-refractivity contribution in [3.63, 3.8) is 0 Å². The summed E-state index contributed by atoms with van der Waals surface area (Å²) in [5.74, 6) is 0.874. The summed E-state index contributed by atoms with van der Waals surface area (Å²) >= 11 is 3.73. The van der Waals surface area contributed by atoms with E-state index in [1.165, 1.54) is 5.56 Å². The minimum absolute atomic E-state index is 0.0465. The highest BCUT2D eigenvalue weighted by molar-refractivity contribution is 9.10. The Labute approximate surface area is 154 Å². The van der Waals surface area contributed by atoms with Gasteiger partial charge in [-0.1, -0.05) is 48.5 Å². The molecule has 1 aliphatic rings. The van der Waals surface area contributed by atoms with Crippen LogP contribution in [0.25, 0.3) is 0 Å². The van der Waals surface area contributed by atoms with Crippen molar-refractivity contribution in [1.82, 2.24) is 0 Å². The fourth-order valence-electron chi connectivity index (χ4n) is 3.74. The molecular formula is C21H33BrO. The Hall–Kier alpha value is -0.500. The molecular weight excluding hydrogens is 348 g/mol. The van der Waals surface area contributed by atoms with Crippen molar-refractivity contribution < 1.29 is 7.48 Å². The normalized spacial score (nSPS) is 21.3. The Morgan fingerprint density at radius 1 is 1.09 bits per heavy atom. The summed E-state index contributed by atoms with van der Waals surface area (Å²) in [6.45, 7) is 17.0. The van der Waals surface area contributed by atoms with Gasteiger partial charge in [-0.3, -0.25) is 0 Å². The van der Waals surface area contributed by atoms with Gasteiger partial charge in [-0.05, 0) is 75.0 Å². The van der Waals surface area contributed by atoms with E-state index in [0.29, 0.717) is 0 Å². The van der Waals surface area contributed by atoms with Gasteiger partial charge in [0.25, 0.3) is 0 Å². The summed E-state index contributed by atoms with van der Waals surface area (Å²) in [6.07, 6.45) is 0.669. The van der Waals surface area contributed by atoms with Gasteiger partial charge in [0, 0.05) is 8.30 Å². The van der Waals surface area contributed by atoms with E-state index in [0.717, 1.165) is 39.8 Å². The van der Waals surface area contributed by atoms with E-state index >= 15 is 0 Å². The predicted molar refractivity (Wildman–Crippen MR) is 104 cm³/mol. The fourth-order valence-corrected chi connectivity index (χ4v) is 4.29. The summed E-state index contributed by atoms with van der Waals surface area (Å²) in [4.78, 5) is 0. The summed E-state index contributed by atoms with van der Waals surface area (Å²) in [5, 5.41) is 0. The lowest BCUT2D eigenvalue weighted by Crippen LogP contribution is -2.36. The second-order valence-corrected chi connectivity index (χ2v) is 10.0. The Kier molecular flexibility index (Phi) is 4.03. The topological polar surface area (TPSA) is 9.23 Å². The van der Waals surface area contributed by atoms with Crippen LogP contribution in [0.2, 0.25) is 0 Å². The highest BCUT2D eigenvalue weighted by Crippen LogP contribution is 2.54. The molecule has 2 heteroatoms. The van der Waals surface area contributed by atoms with E-state index < -0.39 is 11.8 Å². The van der Waals surface area contributed by atoms with Crippen LogP contribution in [0, 0.1) is 12.3 Å². The molecule has 0 aliphatic heterocycles. The number of hydrogen-bond donors (Lipinski definition) is 0. The number of benzene rings is 1. The van der Waals surface area contributed by atoms with Crippen molar-refractivity contribution in [3.05, 3.63) is 26.7 Å². The quantitative estimate of drug-likeness (QED) is 0.552. The van der Waals surface area contributed by atoms with Crippen LogP contribution in [0.4, 0.5) is 0 Å². The second-order valence-electron chi connectivity index (χ2n) is 9.24. The van der Waals surface area contributed by atoms with Crippen LogP contribution in [-0.2, 0) is 17.2 Å². The molecule has 130 valence electrons. The standard InChI is InChI=1S/C21H33BrO/c1-13-14(12-19(2,3)4)15-16(18(23-9)17(13)22)21(7,8)11-10-20(15,5)6/h10-12H2,1-9H3/i12D2. The van der Waals surface area contributed by atoms with Crippen LogP contribution in [0.3, 0.4) is 0 Å². The molecule has 0 N–H and O–H groups in total. The molecule has 0 radical (unpaired) electrons. The molecule has 1 aliphatic carbocycles. The highest BCUT2D eigenvalue weighted by Gasteiger charge is 2.42. The molecule has 0 amide bonds. The van der Waals surface area contributed by atoms with Gasteiger partial charge in [0.05, 0.1) is 11.6 Å². The summed E-state index contributed by atoms with van der Waals surface area (Å²) in [5.41, 5.74) is 3.50. The molecule has 0 saturated heterocycles. The zero-order chi connectivity index (χ0) is 19.6. The van der Waals surface area contributed by atoms with Gasteiger partial charge in [-0.25, -0.2) is 0 Å². The van der Waals surface area contributed by atoms with Crippen LogP contribution < -0.4 is 4.74 Å². The first-order valence-electron chi connectivity index (χ1n) is 9.51. The molecule has 0 heterocycles. The Bertz CT molecular complexity index is 697. The number of ether oxygens (including phenoxy) is 1. The van der Waals surface area contributed by atoms with Crippen molar-refractivity contribution in [2.24, 2.45) is 5.41 Å². The average Bonchev–Trinajstić information content (AvgIpc) is 2.44. The number of halogens is 1. The molecule has 1 nitrogen and oxygen atoms in total. The van der Waals surface area contributed by atoms with E-state index in [1.807, 2.05) is 27.7 Å². The van der Waals surface area contributed by atoms with E-state index in [1.54, 1.807) is 7.11 Å². The number of fused-ring (bicyclic) bond motifs is 1. The molecule has 0 saturated carbocycles. The predicted octanol–water partition coefficient (Wildman–Crippen LogP) is 6.70. The van der Waals surface area contributed by atoms with Crippen LogP contribution >= 0.6 is 15.9 Å². The molecule has 0 unspecified atom stereocenters. The van der Waals surface area contributed by atoms with E-state index in [-0.39, 0.29) is 10.8 Å². The molecule has 0 atom stereocenters. The summed E-state index contributed by atoms with van der Waals surface area (Å²) < 4.78 is 24.8. The summed E-state index contributed by atoms with van der Waals surface area (Å²) in [6, 6.07) is 0. The zero-order valence-corrected chi connectivity index (χ0v) is 17.8. The lowest BCUT2D eigenvalue weighted by Gasteiger charge is -2.45. The third kappa shape index (κ3) is 3.34. The van der Waals surface area contributed by atoms with Gasteiger partial charge in [0.2, 0.25) is 0 Å². The molecule has 23 heavy (non-hydrogen) atoms. The van der Waals surface area contributed by atoms with Gasteiger partial charge in [-0.15, -0.1) is 0 Å². The number of hydrogen-bond acceptors (Lipinski definition) is 1. The van der Waals surface area contributed by atoms with Crippen LogP contribution in [0.15, 0.2) is 4.47 Å². The zero-order valence-electron chi connectivity index (χ0n) is 18.2. The maximum atomic E-state index is 9.03. The lowest BCUT2D eigenvalue weighted by molar-refractivity contribution is 0.304. The maximum absolute atomic E-state index is 9.03. The first-order chi connectivity index (χ1) is 11.1. The van der Waals surface area contributed by atoms with Crippen molar-refractivity contribution in [3.8, 4) is 5.75 Å². The lowest BCUT2D eigenvalue weighted by atomic mass is 9.60. The van der Waals surface area contributed by atoms with E-state index in [9.17, 15) is 0 Å². The van der Waals surface area contributed by atoms with Gasteiger partial charge in [0.1, 0.15) is 5.75 Å². The molecule has 0 spiro atoms. The van der Waals surface area contributed by atoms with E-state index in [4.69, 9.17) is 7.48 Å². The molecule has 0 fully saturated rings. The van der Waals surface area contributed by atoms with E-state index in [2.05, 4.69) is 43.6 Å². The van der Waals surface area contributed by atoms with Crippen molar-refractivity contribution >= 4 is 15.9 Å². The van der Waals surface area contributed by atoms with Gasteiger partial charge in [-0.2, -0.15) is 0 Å². The Morgan fingerprint density at radius 2 is 1.57 bits per heavy atom. The largest absolute Gasteiger partial charge is 0.495 e. The molecule has 1 aromatic rings.